The van der Waals surface area contributed by atoms with E-state index in [1.54, 1.807) is 6.92 Å². The fourth-order valence-electron chi connectivity index (χ4n) is 1.94. The fraction of sp³-hybridized carbons (Fsp3) is 0.533. The van der Waals surface area contributed by atoms with Gasteiger partial charge in [0, 0.05) is 17.7 Å². The second-order valence-corrected chi connectivity index (χ2v) is 4.90. The van der Waals surface area contributed by atoms with Crippen LogP contribution in [-0.2, 0) is 4.79 Å². The number of hydrogen-bond acceptors (Lipinski definition) is 3. The van der Waals surface area contributed by atoms with Crippen LogP contribution in [-0.4, -0.2) is 23.7 Å². The number of aliphatic hydroxyl groups excluding tert-OH is 1. The van der Waals surface area contributed by atoms with Crippen molar-refractivity contribution >= 4 is 5.91 Å². The summed E-state index contributed by atoms with van der Waals surface area (Å²) < 4.78 is 18.5. The van der Waals surface area contributed by atoms with Crippen molar-refractivity contribution < 1.29 is 19.0 Å². The molecule has 1 amide bonds. The van der Waals surface area contributed by atoms with Crippen LogP contribution >= 0.6 is 0 Å². The smallest absolute Gasteiger partial charge is 0.258 e. The highest BCUT2D eigenvalue weighted by Gasteiger charge is 2.13. The Morgan fingerprint density at radius 1 is 1.45 bits per heavy atom. The third-order valence-electron chi connectivity index (χ3n) is 2.91. The Morgan fingerprint density at radius 2 is 2.15 bits per heavy atom. The quantitative estimate of drug-likeness (QED) is 0.808. The number of carbonyl (C=O) groups is 1. The maximum atomic E-state index is 13.2. The van der Waals surface area contributed by atoms with Crippen LogP contribution in [0.4, 0.5) is 4.39 Å². The first-order valence-electron chi connectivity index (χ1n) is 6.83. The molecule has 0 aliphatic carbocycles. The van der Waals surface area contributed by atoms with E-state index in [1.165, 1.54) is 18.2 Å². The minimum absolute atomic E-state index is 0.0832. The van der Waals surface area contributed by atoms with E-state index in [4.69, 9.17) is 4.74 Å². The fourth-order valence-corrected chi connectivity index (χ4v) is 1.94. The Morgan fingerprint density at radius 3 is 2.75 bits per heavy atom. The summed E-state index contributed by atoms with van der Waals surface area (Å²) in [4.78, 5) is 11.7. The van der Waals surface area contributed by atoms with Crippen molar-refractivity contribution in [2.45, 2.75) is 45.8 Å². The standard InChI is InChI=1S/C15H22FNO3/c1-4-5-10(2)17-15(19)9-20-14-8-12(16)6-7-13(14)11(3)18/h6-8,10-11,18H,4-5,9H2,1-3H3,(H,17,19)/t10?,11-/m0/s1. The minimum Gasteiger partial charge on any atom is -0.483 e. The van der Waals surface area contributed by atoms with Gasteiger partial charge in [0.15, 0.2) is 6.61 Å². The predicted molar refractivity (Wildman–Crippen MR) is 75.0 cm³/mol. The van der Waals surface area contributed by atoms with E-state index in [1.807, 2.05) is 13.8 Å². The molecular formula is C15H22FNO3. The topological polar surface area (TPSA) is 58.6 Å². The molecule has 2 N–H and O–H groups in total. The Labute approximate surface area is 119 Å². The van der Waals surface area contributed by atoms with E-state index in [-0.39, 0.29) is 24.3 Å². The molecule has 1 aromatic rings. The molecule has 0 aliphatic heterocycles. The second-order valence-electron chi connectivity index (χ2n) is 4.90. The number of carbonyl (C=O) groups excluding carboxylic acids is 1. The molecule has 0 saturated carbocycles. The highest BCUT2D eigenvalue weighted by atomic mass is 19.1. The van der Waals surface area contributed by atoms with Crippen LogP contribution in [0.25, 0.3) is 0 Å². The van der Waals surface area contributed by atoms with Crippen molar-refractivity contribution in [3.8, 4) is 5.75 Å². The van der Waals surface area contributed by atoms with Crippen LogP contribution in [0.3, 0.4) is 0 Å². The van der Waals surface area contributed by atoms with Gasteiger partial charge < -0.3 is 15.2 Å². The van der Waals surface area contributed by atoms with Gasteiger partial charge in [0.25, 0.3) is 5.91 Å². The average molecular weight is 283 g/mol. The van der Waals surface area contributed by atoms with E-state index in [0.29, 0.717) is 5.56 Å². The molecule has 0 fully saturated rings. The number of rotatable bonds is 7. The maximum absolute atomic E-state index is 13.2. The van der Waals surface area contributed by atoms with Gasteiger partial charge in [0.2, 0.25) is 0 Å². The van der Waals surface area contributed by atoms with Gasteiger partial charge in [0.05, 0.1) is 6.10 Å². The molecular weight excluding hydrogens is 261 g/mol. The van der Waals surface area contributed by atoms with Crippen LogP contribution in [0.1, 0.15) is 45.3 Å². The van der Waals surface area contributed by atoms with E-state index in [2.05, 4.69) is 5.32 Å². The molecule has 1 unspecified atom stereocenters. The summed E-state index contributed by atoms with van der Waals surface area (Å²) in [5.74, 6) is -0.533. The molecule has 2 atom stereocenters. The molecule has 5 heteroatoms. The molecule has 0 aliphatic rings. The third-order valence-corrected chi connectivity index (χ3v) is 2.91. The monoisotopic (exact) mass is 283 g/mol. The van der Waals surface area contributed by atoms with Crippen molar-refractivity contribution in [2.75, 3.05) is 6.61 Å². The van der Waals surface area contributed by atoms with Gasteiger partial charge in [-0.25, -0.2) is 4.39 Å². The van der Waals surface area contributed by atoms with Crippen LogP contribution in [0, 0.1) is 5.82 Å². The molecule has 0 saturated heterocycles. The lowest BCUT2D eigenvalue weighted by atomic mass is 10.1. The van der Waals surface area contributed by atoms with E-state index in [0.717, 1.165) is 12.8 Å². The van der Waals surface area contributed by atoms with Crippen LogP contribution in [0.2, 0.25) is 0 Å². The first-order chi connectivity index (χ1) is 9.43. The Balaban J connectivity index is 2.61. The van der Waals surface area contributed by atoms with Crippen LogP contribution in [0.15, 0.2) is 18.2 Å². The van der Waals surface area contributed by atoms with Crippen molar-refractivity contribution in [1.82, 2.24) is 5.32 Å². The van der Waals surface area contributed by atoms with Gasteiger partial charge in [0.1, 0.15) is 11.6 Å². The number of aliphatic hydroxyl groups is 1. The summed E-state index contributed by atoms with van der Waals surface area (Å²) in [6.07, 6.45) is 1.09. The molecule has 4 nitrogen and oxygen atoms in total. The number of nitrogens with one attached hydrogen (secondary N) is 1. The Kier molecular flexibility index (Phi) is 6.45. The first kappa shape index (κ1) is 16.4. The molecule has 0 radical (unpaired) electrons. The number of benzene rings is 1. The zero-order valence-electron chi connectivity index (χ0n) is 12.1. The van der Waals surface area contributed by atoms with Crippen molar-refractivity contribution in [2.24, 2.45) is 0 Å². The molecule has 0 spiro atoms. The highest BCUT2D eigenvalue weighted by molar-refractivity contribution is 5.77. The second kappa shape index (κ2) is 7.85. The Bertz CT molecular complexity index is 449. The number of ether oxygens (including phenoxy) is 1. The summed E-state index contributed by atoms with van der Waals surface area (Å²) in [7, 11) is 0. The maximum Gasteiger partial charge on any atom is 0.258 e. The molecule has 0 aromatic heterocycles. The van der Waals surface area contributed by atoms with Gasteiger partial charge in [-0.3, -0.25) is 4.79 Å². The molecule has 1 rings (SSSR count). The van der Waals surface area contributed by atoms with Gasteiger partial charge in [-0.1, -0.05) is 13.3 Å². The lowest BCUT2D eigenvalue weighted by Crippen LogP contribution is -2.36. The van der Waals surface area contributed by atoms with Gasteiger partial charge >= 0.3 is 0 Å². The highest BCUT2D eigenvalue weighted by Crippen LogP contribution is 2.25. The minimum atomic E-state index is -0.785. The Hall–Kier alpha value is -1.62. The number of amides is 1. The van der Waals surface area contributed by atoms with Gasteiger partial charge in [-0.2, -0.15) is 0 Å². The van der Waals surface area contributed by atoms with E-state index < -0.39 is 11.9 Å². The van der Waals surface area contributed by atoms with Crippen molar-refractivity contribution in [3.63, 3.8) is 0 Å². The summed E-state index contributed by atoms with van der Waals surface area (Å²) in [5, 5.41) is 12.4. The van der Waals surface area contributed by atoms with E-state index >= 15 is 0 Å². The van der Waals surface area contributed by atoms with Crippen LogP contribution in [0.5, 0.6) is 5.75 Å². The molecule has 1 aromatic carbocycles. The number of hydrogen-bond donors (Lipinski definition) is 2. The summed E-state index contributed by atoms with van der Waals surface area (Å²) >= 11 is 0. The lowest BCUT2D eigenvalue weighted by molar-refractivity contribution is -0.123. The molecule has 0 bridgehead atoms. The normalized spacial score (nSPS) is 13.7. The average Bonchev–Trinajstić information content (AvgIpc) is 2.36. The van der Waals surface area contributed by atoms with Crippen molar-refractivity contribution in [1.29, 1.82) is 0 Å². The number of halogens is 1. The van der Waals surface area contributed by atoms with E-state index in [9.17, 15) is 14.3 Å². The van der Waals surface area contributed by atoms with Gasteiger partial charge in [-0.15, -0.1) is 0 Å². The van der Waals surface area contributed by atoms with Crippen molar-refractivity contribution in [3.05, 3.63) is 29.6 Å². The van der Waals surface area contributed by atoms with Gasteiger partial charge in [-0.05, 0) is 32.4 Å². The SMILES string of the molecule is CCCC(C)NC(=O)COc1cc(F)ccc1[C@H](C)O. The largest absolute Gasteiger partial charge is 0.483 e. The molecule has 112 valence electrons. The summed E-state index contributed by atoms with van der Waals surface area (Å²) in [6.45, 7) is 5.33. The molecule has 20 heavy (non-hydrogen) atoms. The summed E-state index contributed by atoms with van der Waals surface area (Å²) in [6, 6.07) is 3.95. The summed E-state index contributed by atoms with van der Waals surface area (Å²) in [5.41, 5.74) is 0.459. The third kappa shape index (κ3) is 5.17. The first-order valence-corrected chi connectivity index (χ1v) is 6.83. The zero-order valence-corrected chi connectivity index (χ0v) is 12.1. The zero-order chi connectivity index (χ0) is 15.1. The lowest BCUT2D eigenvalue weighted by Gasteiger charge is -2.15. The molecule has 0 heterocycles. The van der Waals surface area contributed by atoms with Crippen LogP contribution < -0.4 is 10.1 Å². The predicted octanol–water partition coefficient (Wildman–Crippen LogP) is 2.56.